The molecular weight excluding hydrogens is 204 g/mol. The number of hydrazine groups is 1. The lowest BCUT2D eigenvalue weighted by Gasteiger charge is -2.24. The second-order valence-corrected chi connectivity index (χ2v) is 3.67. The molecule has 1 rings (SSSR count). The van der Waals surface area contributed by atoms with Crippen LogP contribution in [0.1, 0.15) is 19.0 Å². The first-order chi connectivity index (χ1) is 7.69. The minimum Gasteiger partial charge on any atom is -0.293 e. The predicted molar refractivity (Wildman–Crippen MR) is 62.1 cm³/mol. The summed E-state index contributed by atoms with van der Waals surface area (Å²) in [5.41, 5.74) is 3.12. The summed E-state index contributed by atoms with van der Waals surface area (Å²) in [6, 6.07) is 5.52. The Morgan fingerprint density at radius 2 is 2.38 bits per heavy atom. The highest BCUT2D eigenvalue weighted by Gasteiger charge is 2.20. The highest BCUT2D eigenvalue weighted by Crippen LogP contribution is 2.06. The monoisotopic (exact) mass is 222 g/mol. The van der Waals surface area contributed by atoms with Gasteiger partial charge in [-0.15, -0.1) is 0 Å². The van der Waals surface area contributed by atoms with Crippen molar-refractivity contribution >= 4 is 5.91 Å². The van der Waals surface area contributed by atoms with Crippen molar-refractivity contribution in [2.45, 2.75) is 25.9 Å². The number of rotatable bonds is 5. The molecular formula is C11H18N4O. The molecule has 88 valence electrons. The molecule has 0 aliphatic carbocycles. The Morgan fingerprint density at radius 1 is 1.62 bits per heavy atom. The van der Waals surface area contributed by atoms with Crippen LogP contribution in [0.5, 0.6) is 0 Å². The molecule has 3 N–H and O–H groups in total. The van der Waals surface area contributed by atoms with Crippen LogP contribution in [0.3, 0.4) is 0 Å². The summed E-state index contributed by atoms with van der Waals surface area (Å²) < 4.78 is 0. The number of likely N-dealkylation sites (N-methyl/N-ethyl adjacent to an activating group) is 1. The molecule has 0 saturated heterocycles. The topological polar surface area (TPSA) is 71.2 Å². The standard InChI is InChI=1S/C11H18N4O/c1-3-10(11(16)14-12)15(2)8-9-6-4-5-7-13-9/h4-7,10H,3,8,12H2,1-2H3,(H,14,16). The quantitative estimate of drug-likeness (QED) is 0.426. The van der Waals surface area contributed by atoms with Crippen molar-refractivity contribution in [3.63, 3.8) is 0 Å². The van der Waals surface area contributed by atoms with E-state index in [-0.39, 0.29) is 11.9 Å². The van der Waals surface area contributed by atoms with E-state index >= 15 is 0 Å². The summed E-state index contributed by atoms with van der Waals surface area (Å²) >= 11 is 0. The van der Waals surface area contributed by atoms with E-state index in [1.54, 1.807) is 6.20 Å². The molecule has 0 bridgehead atoms. The largest absolute Gasteiger partial charge is 0.293 e. The number of nitrogens with one attached hydrogen (secondary N) is 1. The van der Waals surface area contributed by atoms with Gasteiger partial charge in [0.25, 0.3) is 5.91 Å². The third kappa shape index (κ3) is 3.29. The number of carbonyl (C=O) groups is 1. The van der Waals surface area contributed by atoms with E-state index < -0.39 is 0 Å². The van der Waals surface area contributed by atoms with Gasteiger partial charge in [-0.2, -0.15) is 0 Å². The second kappa shape index (κ2) is 6.19. The summed E-state index contributed by atoms with van der Waals surface area (Å²) in [7, 11) is 1.89. The third-order valence-electron chi connectivity index (χ3n) is 2.50. The maximum Gasteiger partial charge on any atom is 0.251 e. The normalized spacial score (nSPS) is 12.5. The van der Waals surface area contributed by atoms with Gasteiger partial charge in [0.2, 0.25) is 0 Å². The zero-order chi connectivity index (χ0) is 12.0. The Morgan fingerprint density at radius 3 is 2.88 bits per heavy atom. The van der Waals surface area contributed by atoms with E-state index in [9.17, 15) is 4.79 Å². The minimum absolute atomic E-state index is 0.166. The van der Waals surface area contributed by atoms with Crippen LogP contribution in [0.4, 0.5) is 0 Å². The summed E-state index contributed by atoms with van der Waals surface area (Å²) in [6.07, 6.45) is 2.46. The van der Waals surface area contributed by atoms with Gasteiger partial charge in [0.15, 0.2) is 0 Å². The van der Waals surface area contributed by atoms with E-state index in [0.29, 0.717) is 13.0 Å². The lowest BCUT2D eigenvalue weighted by Crippen LogP contribution is -2.47. The molecule has 0 saturated carbocycles. The molecule has 1 amide bonds. The Kier molecular flexibility index (Phi) is 4.88. The number of nitrogens with two attached hydrogens (primary N) is 1. The highest BCUT2D eigenvalue weighted by atomic mass is 16.2. The van der Waals surface area contributed by atoms with Gasteiger partial charge in [0.1, 0.15) is 0 Å². The number of hydrogen-bond donors (Lipinski definition) is 2. The molecule has 0 fully saturated rings. The van der Waals surface area contributed by atoms with E-state index in [1.807, 2.05) is 37.1 Å². The van der Waals surface area contributed by atoms with Crippen LogP contribution in [-0.2, 0) is 11.3 Å². The van der Waals surface area contributed by atoms with Crippen molar-refractivity contribution in [3.05, 3.63) is 30.1 Å². The number of carbonyl (C=O) groups excluding carboxylic acids is 1. The summed E-state index contributed by atoms with van der Waals surface area (Å²) in [5.74, 6) is 4.97. The zero-order valence-corrected chi connectivity index (χ0v) is 9.68. The first-order valence-corrected chi connectivity index (χ1v) is 5.29. The number of amides is 1. The van der Waals surface area contributed by atoms with Crippen molar-refractivity contribution in [3.8, 4) is 0 Å². The van der Waals surface area contributed by atoms with Crippen LogP contribution in [0.2, 0.25) is 0 Å². The highest BCUT2D eigenvalue weighted by molar-refractivity contribution is 5.80. The number of aromatic nitrogens is 1. The van der Waals surface area contributed by atoms with Crippen LogP contribution in [0, 0.1) is 0 Å². The summed E-state index contributed by atoms with van der Waals surface area (Å²) in [4.78, 5) is 17.6. The van der Waals surface area contributed by atoms with Gasteiger partial charge >= 0.3 is 0 Å². The van der Waals surface area contributed by atoms with Crippen molar-refractivity contribution in [1.82, 2.24) is 15.3 Å². The van der Waals surface area contributed by atoms with Gasteiger partial charge in [-0.1, -0.05) is 13.0 Å². The van der Waals surface area contributed by atoms with Crippen molar-refractivity contribution < 1.29 is 4.79 Å². The fourth-order valence-corrected chi connectivity index (χ4v) is 1.65. The van der Waals surface area contributed by atoms with Gasteiger partial charge in [-0.25, -0.2) is 5.84 Å². The van der Waals surface area contributed by atoms with E-state index in [0.717, 1.165) is 5.69 Å². The molecule has 0 spiro atoms. The zero-order valence-electron chi connectivity index (χ0n) is 9.68. The maximum absolute atomic E-state index is 11.5. The molecule has 0 aromatic carbocycles. The fraction of sp³-hybridized carbons (Fsp3) is 0.455. The predicted octanol–water partition coefficient (Wildman–Crippen LogP) is 0.282. The van der Waals surface area contributed by atoms with Gasteiger partial charge in [0.05, 0.1) is 11.7 Å². The molecule has 0 radical (unpaired) electrons. The molecule has 0 aliphatic heterocycles. The van der Waals surface area contributed by atoms with Crippen molar-refractivity contribution in [1.29, 1.82) is 0 Å². The molecule has 1 unspecified atom stereocenters. The first-order valence-electron chi connectivity index (χ1n) is 5.29. The van der Waals surface area contributed by atoms with Crippen LogP contribution in [0.25, 0.3) is 0 Å². The Balaban J connectivity index is 2.63. The molecule has 1 heterocycles. The number of pyridine rings is 1. The molecule has 16 heavy (non-hydrogen) atoms. The molecule has 1 aromatic rings. The van der Waals surface area contributed by atoms with Crippen LogP contribution in [0.15, 0.2) is 24.4 Å². The molecule has 5 nitrogen and oxygen atoms in total. The van der Waals surface area contributed by atoms with E-state index in [2.05, 4.69) is 10.4 Å². The summed E-state index contributed by atoms with van der Waals surface area (Å²) in [5, 5.41) is 0. The Bertz CT molecular complexity index is 328. The van der Waals surface area contributed by atoms with Gasteiger partial charge in [0, 0.05) is 12.7 Å². The van der Waals surface area contributed by atoms with Crippen LogP contribution >= 0.6 is 0 Å². The fourth-order valence-electron chi connectivity index (χ4n) is 1.65. The van der Waals surface area contributed by atoms with Crippen LogP contribution < -0.4 is 11.3 Å². The Hall–Kier alpha value is -1.46. The number of hydrogen-bond acceptors (Lipinski definition) is 4. The van der Waals surface area contributed by atoms with Gasteiger partial charge < -0.3 is 0 Å². The second-order valence-electron chi connectivity index (χ2n) is 3.67. The molecule has 5 heteroatoms. The molecule has 1 atom stereocenters. The van der Waals surface area contributed by atoms with Gasteiger partial charge in [-0.3, -0.25) is 20.1 Å². The van der Waals surface area contributed by atoms with Gasteiger partial charge in [-0.05, 0) is 25.6 Å². The van der Waals surface area contributed by atoms with Crippen molar-refractivity contribution in [2.24, 2.45) is 5.84 Å². The number of nitrogens with zero attached hydrogens (tertiary/aromatic N) is 2. The molecule has 1 aromatic heterocycles. The van der Waals surface area contributed by atoms with Crippen molar-refractivity contribution in [2.75, 3.05) is 7.05 Å². The maximum atomic E-state index is 11.5. The van der Waals surface area contributed by atoms with Crippen LogP contribution in [-0.4, -0.2) is 28.9 Å². The van der Waals surface area contributed by atoms with E-state index in [1.165, 1.54) is 0 Å². The lowest BCUT2D eigenvalue weighted by atomic mass is 10.2. The molecule has 0 aliphatic rings. The third-order valence-corrected chi connectivity index (χ3v) is 2.50. The average molecular weight is 222 g/mol. The average Bonchev–Trinajstić information content (AvgIpc) is 2.31. The smallest absolute Gasteiger partial charge is 0.251 e. The Labute approximate surface area is 95.6 Å². The lowest BCUT2D eigenvalue weighted by molar-refractivity contribution is -0.126. The first kappa shape index (κ1) is 12.6. The SMILES string of the molecule is CCC(C(=O)NN)N(C)Cc1ccccn1. The summed E-state index contributed by atoms with van der Waals surface area (Å²) in [6.45, 7) is 2.58. The minimum atomic E-state index is -0.216. The van der Waals surface area contributed by atoms with E-state index in [4.69, 9.17) is 5.84 Å².